The van der Waals surface area contributed by atoms with E-state index in [0.717, 1.165) is 17.3 Å². The molecule has 0 aliphatic heterocycles. The predicted octanol–water partition coefficient (Wildman–Crippen LogP) is 2.44. The maximum atomic E-state index is 13.8. The summed E-state index contributed by atoms with van der Waals surface area (Å²) in [5, 5.41) is 15.6. The van der Waals surface area contributed by atoms with Crippen LogP contribution in [0.15, 0.2) is 18.2 Å². The number of benzene rings is 1. The lowest BCUT2D eigenvalue weighted by molar-refractivity contribution is 0.0689. The number of hydrogen-bond donors (Lipinski definition) is 2. The Labute approximate surface area is 112 Å². The highest BCUT2D eigenvalue weighted by molar-refractivity contribution is 5.88. The molecule has 6 heteroatoms. The minimum atomic E-state index is -1.05. The molecule has 102 valence electrons. The Hall–Kier alpha value is -2.24. The van der Waals surface area contributed by atoms with E-state index < -0.39 is 17.6 Å². The molecule has 1 aromatic carbocycles. The molecule has 2 N–H and O–H groups in total. The van der Waals surface area contributed by atoms with E-state index in [1.807, 2.05) is 0 Å². The highest BCUT2D eigenvalue weighted by Crippen LogP contribution is 2.66. The van der Waals surface area contributed by atoms with Gasteiger partial charge in [0.15, 0.2) is 5.69 Å². The van der Waals surface area contributed by atoms with Gasteiger partial charge in [-0.15, -0.1) is 0 Å². The van der Waals surface area contributed by atoms with Crippen molar-refractivity contribution in [3.8, 4) is 0 Å². The summed E-state index contributed by atoms with van der Waals surface area (Å²) >= 11 is 0. The van der Waals surface area contributed by atoms with Crippen molar-refractivity contribution in [2.75, 3.05) is 0 Å². The van der Waals surface area contributed by atoms with Crippen molar-refractivity contribution in [2.45, 2.75) is 18.3 Å². The van der Waals surface area contributed by atoms with Crippen LogP contribution in [-0.4, -0.2) is 21.3 Å². The highest BCUT2D eigenvalue weighted by atomic mass is 19.1. The molecule has 2 aliphatic rings. The van der Waals surface area contributed by atoms with Crippen molar-refractivity contribution in [3.63, 3.8) is 0 Å². The summed E-state index contributed by atoms with van der Waals surface area (Å²) < 4.78 is 26.7. The molecule has 1 heterocycles. The van der Waals surface area contributed by atoms with Gasteiger partial charge in [-0.05, 0) is 29.9 Å². The van der Waals surface area contributed by atoms with Crippen LogP contribution in [0.25, 0.3) is 0 Å². The number of carboxylic acid groups (broad SMARTS) is 1. The molecule has 0 saturated heterocycles. The van der Waals surface area contributed by atoms with E-state index in [1.165, 1.54) is 12.1 Å². The number of H-pyrrole nitrogens is 1. The Morgan fingerprint density at radius 3 is 2.85 bits per heavy atom. The fourth-order valence-electron chi connectivity index (χ4n) is 3.49. The zero-order valence-electron chi connectivity index (χ0n) is 10.2. The van der Waals surface area contributed by atoms with E-state index in [2.05, 4.69) is 10.2 Å². The van der Waals surface area contributed by atoms with Gasteiger partial charge in [-0.2, -0.15) is 5.10 Å². The molecule has 0 spiro atoms. The first-order valence-corrected chi connectivity index (χ1v) is 6.33. The van der Waals surface area contributed by atoms with Gasteiger partial charge in [-0.3, -0.25) is 5.10 Å². The lowest BCUT2D eigenvalue weighted by atomic mass is 10.00. The second-order valence-electron chi connectivity index (χ2n) is 5.35. The second-order valence-corrected chi connectivity index (χ2v) is 5.35. The van der Waals surface area contributed by atoms with Crippen molar-refractivity contribution in [2.24, 2.45) is 5.92 Å². The molecule has 4 rings (SSSR count). The number of rotatable bonds is 2. The monoisotopic (exact) mass is 276 g/mol. The van der Waals surface area contributed by atoms with Crippen LogP contribution in [0, 0.1) is 17.6 Å². The van der Waals surface area contributed by atoms with E-state index in [4.69, 9.17) is 5.11 Å². The Kier molecular flexibility index (Phi) is 2.11. The summed E-state index contributed by atoms with van der Waals surface area (Å²) in [6.45, 7) is 0. The van der Waals surface area contributed by atoms with Crippen LogP contribution in [0.2, 0.25) is 0 Å². The van der Waals surface area contributed by atoms with Gasteiger partial charge in [0.25, 0.3) is 0 Å². The first-order chi connectivity index (χ1) is 9.58. The maximum Gasteiger partial charge on any atom is 0.356 e. The fourth-order valence-corrected chi connectivity index (χ4v) is 3.49. The first kappa shape index (κ1) is 11.6. The molecule has 3 atom stereocenters. The van der Waals surface area contributed by atoms with Crippen LogP contribution in [0.1, 0.15) is 39.1 Å². The molecule has 0 radical (unpaired) electrons. The minimum Gasteiger partial charge on any atom is -0.476 e. The number of fused-ring (bicyclic) bond motifs is 3. The molecule has 1 unspecified atom stereocenters. The average molecular weight is 276 g/mol. The molecule has 0 amide bonds. The van der Waals surface area contributed by atoms with Gasteiger partial charge in [0.2, 0.25) is 0 Å². The van der Waals surface area contributed by atoms with Crippen LogP contribution in [0.4, 0.5) is 8.78 Å². The number of hydrogen-bond acceptors (Lipinski definition) is 2. The summed E-state index contributed by atoms with van der Waals surface area (Å²) in [6.07, 6.45) is 0.583. The van der Waals surface area contributed by atoms with E-state index in [0.29, 0.717) is 12.0 Å². The summed E-state index contributed by atoms with van der Waals surface area (Å²) in [7, 11) is 0. The van der Waals surface area contributed by atoms with Gasteiger partial charge in [0.05, 0.1) is 0 Å². The number of nitrogens with zero attached hydrogens (tertiary/aromatic N) is 1. The van der Waals surface area contributed by atoms with Crippen molar-refractivity contribution >= 4 is 5.97 Å². The number of aromatic nitrogens is 2. The van der Waals surface area contributed by atoms with Crippen molar-refractivity contribution in [3.05, 3.63) is 52.3 Å². The smallest absolute Gasteiger partial charge is 0.356 e. The van der Waals surface area contributed by atoms with Crippen LogP contribution >= 0.6 is 0 Å². The summed E-state index contributed by atoms with van der Waals surface area (Å²) in [6, 6.07) is 3.62. The Bertz CT molecular complexity index is 741. The zero-order valence-corrected chi connectivity index (χ0v) is 10.2. The quantitative estimate of drug-likeness (QED) is 0.885. The zero-order chi connectivity index (χ0) is 14.0. The van der Waals surface area contributed by atoms with Crippen molar-refractivity contribution < 1.29 is 18.7 Å². The van der Waals surface area contributed by atoms with E-state index in [9.17, 15) is 13.6 Å². The number of carboxylic acids is 1. The molecule has 1 fully saturated rings. The number of carbonyl (C=O) groups is 1. The summed E-state index contributed by atoms with van der Waals surface area (Å²) in [5.74, 6) is -1.92. The molecule has 1 saturated carbocycles. The number of halogens is 2. The van der Waals surface area contributed by atoms with Crippen LogP contribution in [0.5, 0.6) is 0 Å². The Morgan fingerprint density at radius 2 is 2.15 bits per heavy atom. The van der Waals surface area contributed by atoms with Gasteiger partial charge < -0.3 is 5.11 Å². The lowest BCUT2D eigenvalue weighted by Gasteiger charge is -2.06. The fraction of sp³-hybridized carbons (Fsp3) is 0.286. The van der Waals surface area contributed by atoms with Crippen LogP contribution in [-0.2, 0) is 6.42 Å². The first-order valence-electron chi connectivity index (χ1n) is 6.33. The second kappa shape index (κ2) is 3.65. The highest BCUT2D eigenvalue weighted by Gasteiger charge is 2.59. The van der Waals surface area contributed by atoms with Crippen LogP contribution < -0.4 is 0 Å². The Balaban J connectivity index is 1.69. The molecular formula is C14H10F2N2O2. The predicted molar refractivity (Wildman–Crippen MR) is 64.6 cm³/mol. The lowest BCUT2D eigenvalue weighted by Crippen LogP contribution is -2.03. The maximum absolute atomic E-state index is 13.8. The molecule has 2 aromatic rings. The SMILES string of the molecule is O=C(O)c1n[nH]c2c1C[C@H]1C(c3ccc(F)cc3F)[C@@H]21. The number of aromatic carboxylic acids is 1. The Morgan fingerprint density at radius 1 is 1.35 bits per heavy atom. The molecule has 0 bridgehead atoms. The standard InChI is InChI=1S/C14H10F2N2O2/c15-5-1-2-6(9(16)3-5)10-7-4-8-12(11(7)10)17-18-13(8)14(19)20/h1-3,7,10-11H,4H2,(H,17,18)(H,19,20)/t7-,10?,11-/m0/s1. The van der Waals surface area contributed by atoms with Gasteiger partial charge in [-0.1, -0.05) is 6.07 Å². The number of aromatic amines is 1. The van der Waals surface area contributed by atoms with E-state index in [1.54, 1.807) is 0 Å². The molecule has 4 nitrogen and oxygen atoms in total. The number of nitrogens with one attached hydrogen (secondary N) is 1. The van der Waals surface area contributed by atoms with Gasteiger partial charge >= 0.3 is 5.97 Å². The van der Waals surface area contributed by atoms with Crippen LogP contribution in [0.3, 0.4) is 0 Å². The third-order valence-corrected chi connectivity index (χ3v) is 4.37. The van der Waals surface area contributed by atoms with E-state index >= 15 is 0 Å². The summed E-state index contributed by atoms with van der Waals surface area (Å²) in [4.78, 5) is 11.0. The van der Waals surface area contributed by atoms with Gasteiger partial charge in [0, 0.05) is 23.2 Å². The molecular weight excluding hydrogens is 266 g/mol. The third-order valence-electron chi connectivity index (χ3n) is 4.37. The van der Waals surface area contributed by atoms with E-state index in [-0.39, 0.29) is 23.4 Å². The van der Waals surface area contributed by atoms with Crippen molar-refractivity contribution in [1.82, 2.24) is 10.2 Å². The largest absolute Gasteiger partial charge is 0.476 e. The summed E-state index contributed by atoms with van der Waals surface area (Å²) in [5.41, 5.74) is 2.08. The van der Waals surface area contributed by atoms with Gasteiger partial charge in [0.1, 0.15) is 11.6 Å². The third kappa shape index (κ3) is 1.39. The van der Waals surface area contributed by atoms with Crippen molar-refractivity contribution in [1.29, 1.82) is 0 Å². The molecule has 2 aliphatic carbocycles. The average Bonchev–Trinajstić information content (AvgIpc) is 2.76. The normalized spacial score (nSPS) is 26.2. The minimum absolute atomic E-state index is 0.00908. The topological polar surface area (TPSA) is 66.0 Å². The van der Waals surface area contributed by atoms with Gasteiger partial charge in [-0.25, -0.2) is 13.6 Å². The molecule has 20 heavy (non-hydrogen) atoms. The molecule has 1 aromatic heterocycles.